The van der Waals surface area contributed by atoms with Crippen molar-refractivity contribution in [3.63, 3.8) is 0 Å². The number of hydrogen-bond acceptors (Lipinski definition) is 10. The number of rotatable bonds is 12. The minimum atomic E-state index is -4.07. The van der Waals surface area contributed by atoms with Gasteiger partial charge in [0.15, 0.2) is 11.3 Å². The molecule has 0 aromatic carbocycles. The Kier molecular flexibility index (Phi) is 11.6. The van der Waals surface area contributed by atoms with Gasteiger partial charge < -0.3 is 9.47 Å². The van der Waals surface area contributed by atoms with Gasteiger partial charge in [-0.2, -0.15) is 0 Å². The first kappa shape index (κ1) is 31.7. The number of alkyl halides is 1. The van der Waals surface area contributed by atoms with Crippen LogP contribution in [-0.2, 0) is 32.7 Å². The molecule has 1 saturated heterocycles. The van der Waals surface area contributed by atoms with Gasteiger partial charge >= 0.3 is 19.4 Å². The van der Waals surface area contributed by atoms with Crippen LogP contribution in [0, 0.1) is 5.41 Å². The van der Waals surface area contributed by atoms with Crippen molar-refractivity contribution in [2.24, 2.45) is 5.41 Å². The average Bonchev–Trinajstić information content (AvgIpc) is 3.14. The smallest absolute Gasteiger partial charge is 0.406 e. The first-order valence-electron chi connectivity index (χ1n) is 11.8. The molecule has 1 fully saturated rings. The summed E-state index contributed by atoms with van der Waals surface area (Å²) in [6, 6.07) is 0.152. The zero-order valence-corrected chi connectivity index (χ0v) is 24.2. The Labute approximate surface area is 224 Å². The number of esters is 1. The van der Waals surface area contributed by atoms with Crippen LogP contribution in [0.3, 0.4) is 0 Å². The number of nitrogens with zero attached hydrogens (tertiary/aromatic N) is 1. The monoisotopic (exact) mass is 583 g/mol. The van der Waals surface area contributed by atoms with Gasteiger partial charge in [0.1, 0.15) is 6.04 Å². The molecule has 0 bridgehead atoms. The van der Waals surface area contributed by atoms with Gasteiger partial charge in [-0.1, -0.05) is 32.5 Å². The Morgan fingerprint density at radius 2 is 1.97 bits per heavy atom. The van der Waals surface area contributed by atoms with Crippen LogP contribution < -0.4 is 16.3 Å². The third kappa shape index (κ3) is 9.97. The molecule has 0 spiro atoms. The maximum Gasteiger partial charge on any atom is 0.406 e. The Bertz CT molecular complexity index is 1100. The molecule has 0 radical (unpaired) electrons. The van der Waals surface area contributed by atoms with Crippen molar-refractivity contribution in [2.45, 2.75) is 77.8 Å². The molecule has 0 unspecified atom stereocenters. The summed E-state index contributed by atoms with van der Waals surface area (Å²) in [6.07, 6.45) is -0.400. The molecule has 2 N–H and O–H groups in total. The Balaban J connectivity index is 2.05. The fourth-order valence-corrected chi connectivity index (χ4v) is 5.89. The van der Waals surface area contributed by atoms with Gasteiger partial charge in [0.05, 0.1) is 30.8 Å². The lowest BCUT2D eigenvalue weighted by molar-refractivity contribution is -0.149. The molecule has 0 aliphatic carbocycles. The summed E-state index contributed by atoms with van der Waals surface area (Å²) in [6.45, 7) is 9.88. The fourth-order valence-electron chi connectivity index (χ4n) is 3.11. The number of aromatic amines is 1. The predicted molar refractivity (Wildman–Crippen MR) is 140 cm³/mol. The van der Waals surface area contributed by atoms with Crippen LogP contribution in [0.2, 0.25) is 0 Å². The molecule has 5 atom stereocenters. The zero-order valence-electron chi connectivity index (χ0n) is 21.7. The number of aromatic nitrogens is 2. The van der Waals surface area contributed by atoms with Crippen LogP contribution in [0.1, 0.15) is 54.2 Å². The van der Waals surface area contributed by atoms with Crippen molar-refractivity contribution in [1.82, 2.24) is 14.6 Å². The van der Waals surface area contributed by atoms with Crippen LogP contribution in [0.4, 0.5) is 0 Å². The van der Waals surface area contributed by atoms with E-state index in [2.05, 4.69) is 10.1 Å². The van der Waals surface area contributed by atoms with Gasteiger partial charge in [0.25, 0.3) is 5.56 Å². The van der Waals surface area contributed by atoms with E-state index < -0.39 is 54.1 Å². The molecule has 1 aliphatic rings. The molecule has 210 valence electrons. The molecule has 0 saturated carbocycles. The quantitative estimate of drug-likeness (QED) is 0.161. The van der Waals surface area contributed by atoms with E-state index in [-0.39, 0.29) is 36.6 Å². The lowest BCUT2D eigenvalue weighted by Crippen LogP contribution is -2.36. The highest BCUT2D eigenvalue weighted by Crippen LogP contribution is 2.46. The van der Waals surface area contributed by atoms with Crippen LogP contribution in [0.5, 0.6) is 0 Å². The van der Waals surface area contributed by atoms with Crippen molar-refractivity contribution >= 4 is 42.2 Å². The fraction of sp³-hybridized carbons (Fsp3) is 0.727. The van der Waals surface area contributed by atoms with Crippen molar-refractivity contribution in [1.29, 1.82) is 0 Å². The number of ether oxygens (including phenoxy) is 2. The van der Waals surface area contributed by atoms with Gasteiger partial charge in [-0.25, -0.2) is 14.4 Å². The molecule has 12 nitrogen and oxygen atoms in total. The Morgan fingerprint density at radius 1 is 1.30 bits per heavy atom. The van der Waals surface area contributed by atoms with E-state index in [1.165, 1.54) is 19.2 Å². The molecule has 1 aliphatic heterocycles. The first-order chi connectivity index (χ1) is 17.1. The highest BCUT2D eigenvalue weighted by Gasteiger charge is 2.38. The lowest BCUT2D eigenvalue weighted by Gasteiger charge is -2.24. The molecule has 15 heteroatoms. The number of nitrogens with one attached hydrogen (secondary N) is 2. The number of hydrogen-bond donors (Lipinski definition) is 2. The van der Waals surface area contributed by atoms with Gasteiger partial charge in [0.2, 0.25) is 0 Å². The van der Waals surface area contributed by atoms with E-state index >= 15 is 0 Å². The summed E-state index contributed by atoms with van der Waals surface area (Å²) in [7, 11) is -4.07. The molecule has 0 amide bonds. The van der Waals surface area contributed by atoms with Crippen LogP contribution in [-0.4, -0.2) is 63.2 Å². The lowest BCUT2D eigenvalue weighted by atomic mass is 10.00. The molecule has 1 aromatic heterocycles. The highest BCUT2D eigenvalue weighted by atomic mass is 35.5. The van der Waals surface area contributed by atoms with Crippen molar-refractivity contribution < 1.29 is 32.7 Å². The normalized spacial score (nSPS) is 22.5. The van der Waals surface area contributed by atoms with E-state index in [1.807, 2.05) is 0 Å². The van der Waals surface area contributed by atoms with E-state index in [0.29, 0.717) is 0 Å². The standard InChI is InChI=1S/C22H35ClN3O9PS/c1-13(2)34-19(28)14(3)25-36(31,32-9-10-37-20(29)22(4,5)6)33-12-15-11-16(23)18(35-15)26-8-7-17(27)24-21(26)30/h7-8,13-16,18H,9-12H2,1-6H3,(H,25,31)(H,24,27,30)/t14-,15-,16-,18+,36+/m0/s1. The summed E-state index contributed by atoms with van der Waals surface area (Å²) in [4.78, 5) is 50.0. The third-order valence-electron chi connectivity index (χ3n) is 4.93. The Hall–Kier alpha value is -1.47. The second-order valence-electron chi connectivity index (χ2n) is 9.77. The second-order valence-corrected chi connectivity index (χ2v) is 13.2. The minimum Gasteiger partial charge on any atom is -0.462 e. The number of thioether (sulfide) groups is 1. The van der Waals surface area contributed by atoms with E-state index in [4.69, 9.17) is 30.1 Å². The van der Waals surface area contributed by atoms with Gasteiger partial charge in [-0.3, -0.25) is 33.0 Å². The molecule has 2 rings (SSSR count). The summed E-state index contributed by atoms with van der Waals surface area (Å²) in [5.41, 5.74) is -1.78. The third-order valence-corrected chi connectivity index (χ3v) is 8.29. The van der Waals surface area contributed by atoms with Crippen molar-refractivity contribution in [3.8, 4) is 0 Å². The van der Waals surface area contributed by atoms with Crippen LogP contribution in [0.15, 0.2) is 21.9 Å². The number of carbonyl (C=O) groups excluding carboxylic acids is 2. The molecule has 2 heterocycles. The molecule has 37 heavy (non-hydrogen) atoms. The highest BCUT2D eigenvalue weighted by molar-refractivity contribution is 8.13. The number of carbonyl (C=O) groups is 2. The van der Waals surface area contributed by atoms with Crippen LogP contribution >= 0.6 is 31.1 Å². The van der Waals surface area contributed by atoms with Crippen LogP contribution in [0.25, 0.3) is 0 Å². The minimum absolute atomic E-state index is 0.0512. The number of H-pyrrole nitrogens is 1. The van der Waals surface area contributed by atoms with Gasteiger partial charge in [-0.15, -0.1) is 11.6 Å². The van der Waals surface area contributed by atoms with Crippen molar-refractivity contribution in [2.75, 3.05) is 19.0 Å². The van der Waals surface area contributed by atoms with Gasteiger partial charge in [0, 0.05) is 23.4 Å². The topological polar surface area (TPSA) is 155 Å². The number of halogens is 1. The summed E-state index contributed by atoms with van der Waals surface area (Å²) >= 11 is 7.41. The van der Waals surface area contributed by atoms with Gasteiger partial charge in [-0.05, 0) is 27.2 Å². The SMILES string of the molecule is CC(C)OC(=O)[C@H](C)N[P@@](=O)(OCCSC(=O)C(C)(C)C)OC[C@@H]1C[C@H](Cl)[C@H](n2ccc(=O)[nH]c2=O)O1. The second kappa shape index (κ2) is 13.5. The molecular formula is C22H35ClN3O9PS. The zero-order chi connectivity index (χ0) is 28.0. The van der Waals surface area contributed by atoms with E-state index in [1.54, 1.807) is 34.6 Å². The average molecular weight is 584 g/mol. The maximum atomic E-state index is 13.5. The molecular weight excluding hydrogens is 549 g/mol. The predicted octanol–water partition coefficient (Wildman–Crippen LogP) is 2.81. The maximum absolute atomic E-state index is 13.5. The summed E-state index contributed by atoms with van der Waals surface area (Å²) in [5, 5.41) is 1.88. The first-order valence-corrected chi connectivity index (χ1v) is 14.7. The van der Waals surface area contributed by atoms with E-state index in [9.17, 15) is 23.7 Å². The Morgan fingerprint density at radius 3 is 2.57 bits per heavy atom. The largest absolute Gasteiger partial charge is 0.462 e. The summed E-state index contributed by atoms with van der Waals surface area (Å²) in [5.74, 6) is -0.424. The van der Waals surface area contributed by atoms with Crippen molar-refractivity contribution in [3.05, 3.63) is 33.1 Å². The van der Waals surface area contributed by atoms with E-state index in [0.717, 1.165) is 16.3 Å². The molecule has 1 aromatic rings. The summed E-state index contributed by atoms with van der Waals surface area (Å²) < 4.78 is 36.7.